The van der Waals surface area contributed by atoms with Gasteiger partial charge in [0.15, 0.2) is 5.13 Å². The summed E-state index contributed by atoms with van der Waals surface area (Å²) in [5.74, 6) is -0.344. The Morgan fingerprint density at radius 2 is 1.94 bits per heavy atom. The maximum Gasteiger partial charge on any atom is 0.293 e. The minimum Gasteiger partial charge on any atom is -0.366 e. The van der Waals surface area contributed by atoms with Gasteiger partial charge in [0.1, 0.15) is 5.69 Å². The van der Waals surface area contributed by atoms with Gasteiger partial charge in [-0.1, -0.05) is 30.4 Å². The van der Waals surface area contributed by atoms with Crippen LogP contribution >= 0.6 is 11.3 Å². The van der Waals surface area contributed by atoms with Gasteiger partial charge < -0.3 is 4.90 Å². The molecule has 0 bridgehead atoms. The van der Waals surface area contributed by atoms with Gasteiger partial charge in [-0.3, -0.25) is 24.8 Å². The number of aromatic nitrogens is 2. The van der Waals surface area contributed by atoms with Crippen molar-refractivity contribution < 1.29 is 9.72 Å². The van der Waals surface area contributed by atoms with Crippen molar-refractivity contribution in [2.45, 2.75) is 39.2 Å². The number of piperidine rings is 1. The number of aryl methyl sites for hydroxylation is 1. The fourth-order valence-corrected chi connectivity index (χ4v) is 5.56. The summed E-state index contributed by atoms with van der Waals surface area (Å²) in [5.41, 5.74) is 3.50. The first-order chi connectivity index (χ1) is 17.5. The highest BCUT2D eigenvalue weighted by atomic mass is 32.1. The zero-order chi connectivity index (χ0) is 25.1. The van der Waals surface area contributed by atoms with Crippen LogP contribution in [0.2, 0.25) is 0 Å². The lowest BCUT2D eigenvalue weighted by Gasteiger charge is -2.28. The third-order valence-electron chi connectivity index (χ3n) is 6.49. The summed E-state index contributed by atoms with van der Waals surface area (Å²) in [6, 6.07) is 16.4. The van der Waals surface area contributed by atoms with Crippen molar-refractivity contribution in [3.8, 4) is 0 Å². The molecule has 2 aromatic heterocycles. The monoisotopic (exact) mass is 501 g/mol. The molecular formula is C27H27N5O3S. The summed E-state index contributed by atoms with van der Waals surface area (Å²) in [7, 11) is 0. The number of rotatable bonds is 7. The first kappa shape index (κ1) is 23.9. The lowest BCUT2D eigenvalue weighted by Crippen LogP contribution is -2.32. The minimum atomic E-state index is -0.395. The van der Waals surface area contributed by atoms with Crippen LogP contribution in [0.1, 0.15) is 47.8 Å². The lowest BCUT2D eigenvalue weighted by molar-refractivity contribution is -0.384. The van der Waals surface area contributed by atoms with Crippen molar-refractivity contribution in [3.05, 3.63) is 87.7 Å². The molecule has 1 fully saturated rings. The molecule has 1 saturated heterocycles. The predicted molar refractivity (Wildman–Crippen MR) is 143 cm³/mol. The van der Waals surface area contributed by atoms with Crippen LogP contribution in [-0.4, -0.2) is 33.9 Å². The zero-order valence-electron chi connectivity index (χ0n) is 20.1. The summed E-state index contributed by atoms with van der Waals surface area (Å²) in [4.78, 5) is 38.2. The van der Waals surface area contributed by atoms with E-state index in [9.17, 15) is 14.9 Å². The van der Waals surface area contributed by atoms with Crippen molar-refractivity contribution in [2.75, 3.05) is 22.9 Å². The van der Waals surface area contributed by atoms with Crippen LogP contribution in [0.3, 0.4) is 0 Å². The second-order valence-corrected chi connectivity index (χ2v) is 9.88. The summed E-state index contributed by atoms with van der Waals surface area (Å²) in [6.07, 6.45) is 5.74. The molecular weight excluding hydrogens is 474 g/mol. The number of nitrogens with zero attached hydrogens (tertiary/aromatic N) is 5. The molecule has 5 rings (SSSR count). The maximum atomic E-state index is 13.8. The van der Waals surface area contributed by atoms with Gasteiger partial charge in [-0.2, -0.15) is 0 Å². The zero-order valence-corrected chi connectivity index (χ0v) is 20.9. The molecule has 1 aliphatic rings. The fraction of sp³-hybridized carbons (Fsp3) is 0.296. The summed E-state index contributed by atoms with van der Waals surface area (Å²) in [5, 5.41) is 12.5. The Morgan fingerprint density at radius 1 is 1.11 bits per heavy atom. The van der Waals surface area contributed by atoms with Crippen molar-refractivity contribution in [3.63, 3.8) is 0 Å². The molecule has 9 heteroatoms. The van der Waals surface area contributed by atoms with Gasteiger partial charge in [0, 0.05) is 30.9 Å². The first-order valence-corrected chi connectivity index (χ1v) is 13.0. The number of hydrogen-bond donors (Lipinski definition) is 0. The normalized spacial score (nSPS) is 13.6. The lowest BCUT2D eigenvalue weighted by atomic mass is 10.1. The smallest absolute Gasteiger partial charge is 0.293 e. The highest BCUT2D eigenvalue weighted by Gasteiger charge is 2.27. The topological polar surface area (TPSA) is 92.5 Å². The van der Waals surface area contributed by atoms with Gasteiger partial charge in [0.2, 0.25) is 0 Å². The van der Waals surface area contributed by atoms with E-state index in [1.165, 1.54) is 23.0 Å². The summed E-state index contributed by atoms with van der Waals surface area (Å²) < 4.78 is 0.995. The number of thiazole rings is 1. The molecule has 3 heterocycles. The molecule has 0 spiro atoms. The molecule has 8 nitrogen and oxygen atoms in total. The molecule has 0 unspecified atom stereocenters. The van der Waals surface area contributed by atoms with Gasteiger partial charge >= 0.3 is 0 Å². The number of nitro groups is 1. The molecule has 0 saturated carbocycles. The maximum absolute atomic E-state index is 13.8. The molecule has 1 aliphatic heterocycles. The molecule has 0 aliphatic carbocycles. The largest absolute Gasteiger partial charge is 0.366 e. The van der Waals surface area contributed by atoms with E-state index in [2.05, 4.69) is 18.0 Å². The second kappa shape index (κ2) is 10.4. The molecule has 0 atom stereocenters. The third-order valence-corrected chi connectivity index (χ3v) is 7.53. The number of hydrogen-bond acceptors (Lipinski definition) is 7. The number of pyridine rings is 1. The minimum absolute atomic E-state index is 0.0441. The van der Waals surface area contributed by atoms with Gasteiger partial charge in [0.05, 0.1) is 27.4 Å². The quantitative estimate of drug-likeness (QED) is 0.228. The Hall–Kier alpha value is -3.85. The molecule has 0 N–H and O–H groups in total. The Morgan fingerprint density at radius 3 is 2.67 bits per heavy atom. The van der Waals surface area contributed by atoms with Crippen LogP contribution in [-0.2, 0) is 13.0 Å². The highest BCUT2D eigenvalue weighted by molar-refractivity contribution is 7.22. The van der Waals surface area contributed by atoms with Crippen LogP contribution in [0, 0.1) is 10.1 Å². The number of benzene rings is 2. The Balaban J connectivity index is 1.54. The fourth-order valence-electron chi connectivity index (χ4n) is 4.53. The number of anilines is 2. The van der Waals surface area contributed by atoms with Crippen LogP contribution < -0.4 is 9.80 Å². The first-order valence-electron chi connectivity index (χ1n) is 12.2. The molecule has 4 aromatic rings. The van der Waals surface area contributed by atoms with Crippen molar-refractivity contribution in [2.24, 2.45) is 0 Å². The van der Waals surface area contributed by atoms with Gasteiger partial charge in [0.25, 0.3) is 11.6 Å². The number of carbonyl (C=O) groups is 1. The average Bonchev–Trinajstić information content (AvgIpc) is 3.35. The van der Waals surface area contributed by atoms with E-state index in [0.717, 1.165) is 49.0 Å². The number of nitro benzene ring substituents is 1. The summed E-state index contributed by atoms with van der Waals surface area (Å²) >= 11 is 1.44. The van der Waals surface area contributed by atoms with E-state index >= 15 is 0 Å². The van der Waals surface area contributed by atoms with Crippen molar-refractivity contribution in [1.82, 2.24) is 9.97 Å². The molecule has 2 aromatic carbocycles. The van der Waals surface area contributed by atoms with E-state index in [0.29, 0.717) is 16.5 Å². The van der Waals surface area contributed by atoms with E-state index < -0.39 is 4.92 Å². The van der Waals surface area contributed by atoms with E-state index in [1.807, 2.05) is 35.2 Å². The Kier molecular flexibility index (Phi) is 6.90. The predicted octanol–water partition coefficient (Wildman–Crippen LogP) is 6.00. The Bertz CT molecular complexity index is 1400. The molecule has 0 radical (unpaired) electrons. The van der Waals surface area contributed by atoms with E-state index in [4.69, 9.17) is 4.98 Å². The van der Waals surface area contributed by atoms with Crippen molar-refractivity contribution in [1.29, 1.82) is 0 Å². The Labute approximate surface area is 213 Å². The molecule has 36 heavy (non-hydrogen) atoms. The van der Waals surface area contributed by atoms with Gasteiger partial charge in [-0.25, -0.2) is 4.98 Å². The second-order valence-electron chi connectivity index (χ2n) is 8.87. The number of amides is 1. The van der Waals surface area contributed by atoms with Crippen molar-refractivity contribution >= 4 is 44.0 Å². The van der Waals surface area contributed by atoms with Gasteiger partial charge in [-0.05, 0) is 67.6 Å². The van der Waals surface area contributed by atoms with Crippen LogP contribution in [0.4, 0.5) is 16.5 Å². The average molecular weight is 502 g/mol. The summed E-state index contributed by atoms with van der Waals surface area (Å²) in [6.45, 7) is 3.87. The van der Waals surface area contributed by atoms with E-state index in [-0.39, 0.29) is 23.7 Å². The van der Waals surface area contributed by atoms with Crippen LogP contribution in [0.25, 0.3) is 10.2 Å². The highest BCUT2D eigenvalue weighted by Crippen LogP contribution is 2.34. The number of carbonyl (C=O) groups excluding carboxylic acids is 1. The van der Waals surface area contributed by atoms with Crippen LogP contribution in [0.5, 0.6) is 0 Å². The standard InChI is InChI=1S/C27H27N5O3S/c1-2-19-9-11-22-25(16-19)36-27(29-22)31(18-21-8-4-5-13-28-21)26(33)20-10-12-23(24(17-20)32(34)35)30-14-6-3-7-15-30/h4-5,8-13,16-17H,2-3,6-7,14-15,18H2,1H3. The van der Waals surface area contributed by atoms with E-state index in [1.54, 1.807) is 23.2 Å². The third kappa shape index (κ3) is 4.92. The molecule has 184 valence electrons. The van der Waals surface area contributed by atoms with Gasteiger partial charge in [-0.15, -0.1) is 0 Å². The molecule has 1 amide bonds. The SMILES string of the molecule is CCc1ccc2nc(N(Cc3ccccn3)C(=O)c3ccc(N4CCCCC4)c([N+](=O)[O-])c3)sc2c1. The number of fused-ring (bicyclic) bond motifs is 1. The van der Waals surface area contributed by atoms with Crippen LogP contribution in [0.15, 0.2) is 60.8 Å².